The molecule has 0 fully saturated rings. The summed E-state index contributed by atoms with van der Waals surface area (Å²) >= 11 is 31.4. The molecular formula is C16H12Cl4IN3OS. The highest BCUT2D eigenvalue weighted by Crippen LogP contribution is 2.29. The Labute approximate surface area is 190 Å². The van der Waals surface area contributed by atoms with E-state index in [0.29, 0.717) is 0 Å². The lowest BCUT2D eigenvalue weighted by Gasteiger charge is -2.28. The number of alkyl halides is 3. The molecular weight excluding hydrogens is 551 g/mol. The van der Waals surface area contributed by atoms with Crippen molar-refractivity contribution in [2.24, 2.45) is 0 Å². The summed E-state index contributed by atoms with van der Waals surface area (Å²) in [4.78, 5) is 12.4. The third kappa shape index (κ3) is 6.58. The number of hydrogen-bond donors (Lipinski definition) is 3. The van der Waals surface area contributed by atoms with Crippen molar-refractivity contribution in [3.05, 3.63) is 62.7 Å². The first-order chi connectivity index (χ1) is 12.2. The Morgan fingerprint density at radius 3 is 2.23 bits per heavy atom. The minimum atomic E-state index is -1.85. The van der Waals surface area contributed by atoms with Gasteiger partial charge in [-0.3, -0.25) is 4.79 Å². The van der Waals surface area contributed by atoms with Gasteiger partial charge in [0, 0.05) is 9.26 Å². The smallest absolute Gasteiger partial charge is 0.254 e. The van der Waals surface area contributed by atoms with Crippen LogP contribution in [0.5, 0.6) is 0 Å². The van der Waals surface area contributed by atoms with Crippen molar-refractivity contribution in [1.29, 1.82) is 0 Å². The van der Waals surface area contributed by atoms with Crippen LogP contribution in [-0.4, -0.2) is 21.0 Å². The molecule has 0 unspecified atom stereocenters. The van der Waals surface area contributed by atoms with Gasteiger partial charge >= 0.3 is 0 Å². The van der Waals surface area contributed by atoms with E-state index < -0.39 is 15.9 Å². The lowest BCUT2D eigenvalue weighted by atomic mass is 10.2. The lowest BCUT2D eigenvalue weighted by Crippen LogP contribution is -2.56. The van der Waals surface area contributed by atoms with Crippen LogP contribution in [0.3, 0.4) is 0 Å². The van der Waals surface area contributed by atoms with Gasteiger partial charge in [0.15, 0.2) is 5.11 Å². The maximum absolute atomic E-state index is 12.4. The molecule has 0 heterocycles. The van der Waals surface area contributed by atoms with Gasteiger partial charge in [0.1, 0.15) is 6.17 Å². The molecule has 0 spiro atoms. The molecule has 1 amide bonds. The van der Waals surface area contributed by atoms with E-state index in [-0.39, 0.29) is 15.7 Å². The summed E-state index contributed by atoms with van der Waals surface area (Å²) in [7, 11) is 0. The first-order valence-corrected chi connectivity index (χ1v) is 10.1. The normalized spacial score (nSPS) is 12.2. The molecule has 138 valence electrons. The highest BCUT2D eigenvalue weighted by Gasteiger charge is 2.35. The van der Waals surface area contributed by atoms with E-state index in [4.69, 9.17) is 58.6 Å². The molecule has 0 aliphatic heterocycles. The molecule has 10 heteroatoms. The largest absolute Gasteiger partial charge is 0.339 e. The second-order valence-corrected chi connectivity index (χ2v) is 9.46. The Kier molecular flexibility index (Phi) is 8.06. The molecule has 3 N–H and O–H groups in total. The second kappa shape index (κ2) is 9.61. The standard InChI is InChI=1S/C16H12Cl4IN3OS/c17-12-4-2-1-3-11(12)13(25)23-14(16(18,19)20)24-15(26)22-10-7-5-9(21)6-8-10/h1-8,14H,(H,23,25)(H2,22,24,26)/t14-/m0/s1. The molecule has 0 aliphatic carbocycles. The summed E-state index contributed by atoms with van der Waals surface area (Å²) in [5, 5.41) is 8.80. The molecule has 0 radical (unpaired) electrons. The number of amides is 1. The fourth-order valence-corrected chi connectivity index (χ4v) is 3.03. The van der Waals surface area contributed by atoms with Crippen LogP contribution in [-0.2, 0) is 0 Å². The summed E-state index contributed by atoms with van der Waals surface area (Å²) < 4.78 is -0.771. The van der Waals surface area contributed by atoms with Crippen molar-refractivity contribution >= 4 is 97.9 Å². The van der Waals surface area contributed by atoms with Gasteiger partial charge in [0.2, 0.25) is 3.79 Å². The number of halogens is 5. The molecule has 2 aromatic carbocycles. The molecule has 2 rings (SSSR count). The molecule has 0 bridgehead atoms. The van der Waals surface area contributed by atoms with Crippen molar-refractivity contribution < 1.29 is 4.79 Å². The van der Waals surface area contributed by atoms with Gasteiger partial charge in [-0.2, -0.15) is 0 Å². The maximum atomic E-state index is 12.4. The lowest BCUT2D eigenvalue weighted by molar-refractivity contribution is 0.0934. The zero-order valence-corrected chi connectivity index (χ0v) is 18.9. The predicted molar refractivity (Wildman–Crippen MR) is 122 cm³/mol. The Balaban J connectivity index is 2.07. The zero-order valence-electron chi connectivity index (χ0n) is 12.9. The van der Waals surface area contributed by atoms with Gasteiger partial charge in [-0.15, -0.1) is 0 Å². The van der Waals surface area contributed by atoms with E-state index >= 15 is 0 Å². The van der Waals surface area contributed by atoms with E-state index in [1.807, 2.05) is 24.3 Å². The van der Waals surface area contributed by atoms with Gasteiger partial charge in [0.05, 0.1) is 10.6 Å². The molecule has 0 aliphatic rings. The zero-order chi connectivity index (χ0) is 19.3. The average Bonchev–Trinajstić information content (AvgIpc) is 2.56. The van der Waals surface area contributed by atoms with Crippen molar-refractivity contribution in [3.8, 4) is 0 Å². The third-order valence-corrected chi connectivity index (χ3v) is 5.02. The van der Waals surface area contributed by atoms with Crippen molar-refractivity contribution in [1.82, 2.24) is 10.6 Å². The predicted octanol–water partition coefficient (Wildman–Crippen LogP) is 5.36. The second-order valence-electron chi connectivity index (χ2n) is 5.03. The van der Waals surface area contributed by atoms with Gasteiger partial charge in [0.25, 0.3) is 5.91 Å². The first-order valence-electron chi connectivity index (χ1n) is 7.12. The molecule has 4 nitrogen and oxygen atoms in total. The number of benzene rings is 2. The number of carbonyl (C=O) groups excluding carboxylic acids is 1. The average molecular weight is 563 g/mol. The van der Waals surface area contributed by atoms with Gasteiger partial charge in [-0.1, -0.05) is 58.5 Å². The minimum absolute atomic E-state index is 0.182. The molecule has 0 saturated carbocycles. The highest BCUT2D eigenvalue weighted by molar-refractivity contribution is 14.1. The summed E-state index contributed by atoms with van der Waals surface area (Å²) in [6, 6.07) is 14.1. The van der Waals surface area contributed by atoms with E-state index in [1.165, 1.54) is 0 Å². The number of hydrogen-bond acceptors (Lipinski definition) is 2. The van der Waals surface area contributed by atoms with Gasteiger partial charge in [-0.25, -0.2) is 0 Å². The number of carbonyl (C=O) groups is 1. The monoisotopic (exact) mass is 561 g/mol. The fraction of sp³-hybridized carbons (Fsp3) is 0.125. The summed E-state index contributed by atoms with van der Waals surface area (Å²) in [5.74, 6) is -0.503. The van der Waals surface area contributed by atoms with E-state index in [9.17, 15) is 4.79 Å². The maximum Gasteiger partial charge on any atom is 0.254 e. The Morgan fingerprint density at radius 2 is 1.65 bits per heavy atom. The van der Waals surface area contributed by atoms with E-state index in [1.54, 1.807) is 24.3 Å². The van der Waals surface area contributed by atoms with Crippen LogP contribution in [0, 0.1) is 3.57 Å². The number of anilines is 1. The SMILES string of the molecule is O=C(N[C@@H](NC(=S)Nc1ccc(I)cc1)C(Cl)(Cl)Cl)c1ccccc1Cl. The van der Waals surface area contributed by atoms with Gasteiger partial charge < -0.3 is 16.0 Å². The van der Waals surface area contributed by atoms with Crippen LogP contribution in [0.1, 0.15) is 10.4 Å². The fourth-order valence-electron chi connectivity index (χ4n) is 1.89. The molecule has 1 atom stereocenters. The summed E-state index contributed by atoms with van der Waals surface area (Å²) in [5.41, 5.74) is 1.01. The van der Waals surface area contributed by atoms with Crippen LogP contribution in [0.4, 0.5) is 5.69 Å². The summed E-state index contributed by atoms with van der Waals surface area (Å²) in [6.07, 6.45) is -1.08. The molecule has 0 aromatic heterocycles. The first kappa shape index (κ1) is 21.8. The Morgan fingerprint density at radius 1 is 1.04 bits per heavy atom. The van der Waals surface area contributed by atoms with Crippen molar-refractivity contribution in [2.75, 3.05) is 5.32 Å². The number of thiocarbonyl (C=S) groups is 1. The van der Waals surface area contributed by atoms with Crippen LogP contribution in [0.25, 0.3) is 0 Å². The van der Waals surface area contributed by atoms with E-state index in [0.717, 1.165) is 9.26 Å². The molecule has 2 aromatic rings. The highest BCUT2D eigenvalue weighted by atomic mass is 127. The summed E-state index contributed by atoms with van der Waals surface area (Å²) in [6.45, 7) is 0. The third-order valence-electron chi connectivity index (χ3n) is 3.10. The van der Waals surface area contributed by atoms with Gasteiger partial charge in [-0.05, 0) is 71.2 Å². The van der Waals surface area contributed by atoms with E-state index in [2.05, 4.69) is 38.5 Å². The molecule has 0 saturated heterocycles. The Bertz CT molecular complexity index is 799. The number of nitrogens with one attached hydrogen (secondary N) is 3. The van der Waals surface area contributed by atoms with Crippen LogP contribution < -0.4 is 16.0 Å². The minimum Gasteiger partial charge on any atom is -0.339 e. The quantitative estimate of drug-likeness (QED) is 0.203. The van der Waals surface area contributed by atoms with Crippen LogP contribution in [0.15, 0.2) is 48.5 Å². The molecule has 26 heavy (non-hydrogen) atoms. The topological polar surface area (TPSA) is 53.2 Å². The van der Waals surface area contributed by atoms with Crippen molar-refractivity contribution in [3.63, 3.8) is 0 Å². The van der Waals surface area contributed by atoms with Crippen molar-refractivity contribution in [2.45, 2.75) is 9.96 Å². The van der Waals surface area contributed by atoms with Crippen LogP contribution in [0.2, 0.25) is 5.02 Å². The Hall–Kier alpha value is -0.510. The van der Waals surface area contributed by atoms with Crippen LogP contribution >= 0.6 is 81.2 Å². The number of rotatable bonds is 4.